The van der Waals surface area contributed by atoms with Crippen molar-refractivity contribution in [3.63, 3.8) is 0 Å². The summed E-state index contributed by atoms with van der Waals surface area (Å²) in [5.41, 5.74) is 2.76. The first-order valence-electron chi connectivity index (χ1n) is 9.78. The molecule has 6 nitrogen and oxygen atoms in total. The minimum absolute atomic E-state index is 0.156. The van der Waals surface area contributed by atoms with Crippen molar-refractivity contribution >= 4 is 35.3 Å². The van der Waals surface area contributed by atoms with Gasteiger partial charge in [-0.2, -0.15) is 0 Å². The number of halogens is 1. The molecule has 3 aromatic rings. The predicted octanol–water partition coefficient (Wildman–Crippen LogP) is 5.01. The number of carbonyl (C=O) groups excluding carboxylic acids is 3. The van der Waals surface area contributed by atoms with Gasteiger partial charge in [-0.3, -0.25) is 9.59 Å². The molecule has 0 bridgehead atoms. The van der Waals surface area contributed by atoms with Gasteiger partial charge in [-0.15, -0.1) is 0 Å². The van der Waals surface area contributed by atoms with Crippen LogP contribution < -0.4 is 14.4 Å². The molecule has 0 aliphatic heterocycles. The van der Waals surface area contributed by atoms with Crippen molar-refractivity contribution in [3.05, 3.63) is 87.9 Å². The molecule has 0 unspecified atom stereocenters. The first-order chi connectivity index (χ1) is 15.2. The van der Waals surface area contributed by atoms with Gasteiger partial charge < -0.3 is 14.4 Å². The largest absolute Gasteiger partial charge is 0.485 e. The standard InChI is InChI=1S/C25H22ClNO5/c1-16-7-17(14-28)9-23(8-16)32-25(30)19-10-20(26)13-22(12-19)31-15-24(29)18-5-4-6-21(11-18)27(2)3/h4-14H,15H2,1-3H3. The van der Waals surface area contributed by atoms with Gasteiger partial charge in [-0.05, 0) is 61.0 Å². The van der Waals surface area contributed by atoms with Gasteiger partial charge in [-0.1, -0.05) is 23.7 Å². The van der Waals surface area contributed by atoms with Crippen LogP contribution in [0.15, 0.2) is 60.7 Å². The highest BCUT2D eigenvalue weighted by atomic mass is 35.5. The number of nitrogens with zero attached hydrogens (tertiary/aromatic N) is 1. The van der Waals surface area contributed by atoms with E-state index in [1.807, 2.05) is 25.1 Å². The maximum absolute atomic E-state index is 12.6. The summed E-state index contributed by atoms with van der Waals surface area (Å²) in [5.74, 6) is -0.362. The highest BCUT2D eigenvalue weighted by Crippen LogP contribution is 2.24. The highest BCUT2D eigenvalue weighted by molar-refractivity contribution is 6.31. The summed E-state index contributed by atoms with van der Waals surface area (Å²) in [4.78, 5) is 38.1. The number of Topliss-reactive ketones (excluding diaryl/α,β-unsaturated/α-hetero) is 1. The second kappa shape index (κ2) is 10.1. The monoisotopic (exact) mass is 451 g/mol. The maximum Gasteiger partial charge on any atom is 0.343 e. The number of esters is 1. The zero-order chi connectivity index (χ0) is 23.3. The number of hydrogen-bond donors (Lipinski definition) is 0. The van der Waals surface area contributed by atoms with E-state index in [-0.39, 0.29) is 34.5 Å². The van der Waals surface area contributed by atoms with E-state index >= 15 is 0 Å². The summed E-state index contributed by atoms with van der Waals surface area (Å²) < 4.78 is 11.0. The summed E-state index contributed by atoms with van der Waals surface area (Å²) >= 11 is 6.13. The Labute approximate surface area is 191 Å². The van der Waals surface area contributed by atoms with Crippen LogP contribution in [0.4, 0.5) is 5.69 Å². The molecule has 0 heterocycles. The molecule has 0 aliphatic rings. The molecule has 3 aromatic carbocycles. The molecule has 0 aromatic heterocycles. The van der Waals surface area contributed by atoms with Crippen molar-refractivity contribution in [3.8, 4) is 11.5 Å². The van der Waals surface area contributed by atoms with Crippen LogP contribution in [0.3, 0.4) is 0 Å². The number of ketones is 1. The summed E-state index contributed by atoms with van der Waals surface area (Å²) in [5, 5.41) is 0.259. The number of hydrogen-bond acceptors (Lipinski definition) is 6. The van der Waals surface area contributed by atoms with Crippen LogP contribution in [-0.2, 0) is 0 Å². The molecule has 3 rings (SSSR count). The van der Waals surface area contributed by atoms with Gasteiger partial charge in [0.05, 0.1) is 5.56 Å². The molecule has 0 radical (unpaired) electrons. The second-order valence-electron chi connectivity index (χ2n) is 7.42. The number of carbonyl (C=O) groups is 3. The average molecular weight is 452 g/mol. The Morgan fingerprint density at radius 1 is 0.969 bits per heavy atom. The number of benzene rings is 3. The number of ether oxygens (including phenoxy) is 2. The van der Waals surface area contributed by atoms with Gasteiger partial charge in [0.25, 0.3) is 0 Å². The van der Waals surface area contributed by atoms with Gasteiger partial charge in [-0.25, -0.2) is 4.79 Å². The molecule has 0 fully saturated rings. The fraction of sp³-hybridized carbons (Fsp3) is 0.160. The predicted molar refractivity (Wildman–Crippen MR) is 124 cm³/mol. The molecule has 164 valence electrons. The van der Waals surface area contributed by atoms with Crippen molar-refractivity contribution in [2.24, 2.45) is 0 Å². The Hall–Kier alpha value is -3.64. The number of anilines is 1. The zero-order valence-corrected chi connectivity index (χ0v) is 18.7. The SMILES string of the molecule is Cc1cc(C=O)cc(OC(=O)c2cc(Cl)cc(OCC(=O)c3cccc(N(C)C)c3)c2)c1. The van der Waals surface area contributed by atoms with Gasteiger partial charge in [0.15, 0.2) is 12.4 Å². The quantitative estimate of drug-likeness (QED) is 0.207. The lowest BCUT2D eigenvalue weighted by molar-refractivity contribution is 0.0733. The molecule has 0 atom stereocenters. The molecule has 0 N–H and O–H groups in total. The van der Waals surface area contributed by atoms with E-state index in [9.17, 15) is 14.4 Å². The zero-order valence-electron chi connectivity index (χ0n) is 17.9. The van der Waals surface area contributed by atoms with Gasteiger partial charge in [0, 0.05) is 35.9 Å². The number of aryl methyl sites for hydroxylation is 1. The first-order valence-corrected chi connectivity index (χ1v) is 10.2. The van der Waals surface area contributed by atoms with Gasteiger partial charge >= 0.3 is 5.97 Å². The molecule has 0 spiro atoms. The Kier molecular flexibility index (Phi) is 7.28. The minimum Gasteiger partial charge on any atom is -0.485 e. The maximum atomic E-state index is 12.6. The Morgan fingerprint density at radius 2 is 1.75 bits per heavy atom. The van der Waals surface area contributed by atoms with Crippen LogP contribution >= 0.6 is 11.6 Å². The smallest absolute Gasteiger partial charge is 0.343 e. The summed E-state index contributed by atoms with van der Waals surface area (Å²) in [6.07, 6.45) is 0.681. The van der Waals surface area contributed by atoms with Crippen molar-refractivity contribution in [2.45, 2.75) is 6.92 Å². The van der Waals surface area contributed by atoms with Gasteiger partial charge in [0.1, 0.15) is 17.8 Å². The van der Waals surface area contributed by atoms with E-state index in [4.69, 9.17) is 21.1 Å². The van der Waals surface area contributed by atoms with E-state index in [2.05, 4.69) is 0 Å². The van der Waals surface area contributed by atoms with E-state index in [0.717, 1.165) is 11.3 Å². The van der Waals surface area contributed by atoms with E-state index in [0.29, 0.717) is 17.4 Å². The Morgan fingerprint density at radius 3 is 2.47 bits per heavy atom. The van der Waals surface area contributed by atoms with Crippen LogP contribution in [0.25, 0.3) is 0 Å². The average Bonchev–Trinajstić information content (AvgIpc) is 2.76. The minimum atomic E-state index is -0.662. The molecule has 0 saturated heterocycles. The summed E-state index contributed by atoms with van der Waals surface area (Å²) in [6, 6.07) is 16.4. The van der Waals surface area contributed by atoms with Crippen molar-refractivity contribution in [1.82, 2.24) is 0 Å². The summed E-state index contributed by atoms with van der Waals surface area (Å²) in [6.45, 7) is 1.58. The van der Waals surface area contributed by atoms with Crippen LogP contribution in [-0.4, -0.2) is 38.7 Å². The lowest BCUT2D eigenvalue weighted by Crippen LogP contribution is -2.14. The third-order valence-corrected chi connectivity index (χ3v) is 4.80. The lowest BCUT2D eigenvalue weighted by Gasteiger charge is -2.13. The number of aldehydes is 1. The van der Waals surface area contributed by atoms with Crippen LogP contribution in [0.1, 0.15) is 36.6 Å². The van der Waals surface area contributed by atoms with Gasteiger partial charge in [0.2, 0.25) is 0 Å². The Balaban J connectivity index is 1.72. The highest BCUT2D eigenvalue weighted by Gasteiger charge is 2.14. The first kappa shape index (κ1) is 23.0. The molecule has 0 aliphatic carbocycles. The van der Waals surface area contributed by atoms with E-state index < -0.39 is 5.97 Å². The van der Waals surface area contributed by atoms with E-state index in [1.165, 1.54) is 24.3 Å². The Bertz CT molecular complexity index is 1170. The third-order valence-electron chi connectivity index (χ3n) is 4.58. The van der Waals surface area contributed by atoms with Crippen molar-refractivity contribution in [1.29, 1.82) is 0 Å². The molecule has 7 heteroatoms. The van der Waals surface area contributed by atoms with E-state index in [1.54, 1.807) is 37.3 Å². The van der Waals surface area contributed by atoms with Crippen LogP contribution in [0.2, 0.25) is 5.02 Å². The normalized spacial score (nSPS) is 10.4. The van der Waals surface area contributed by atoms with Crippen molar-refractivity contribution < 1.29 is 23.9 Å². The molecular formula is C25H22ClNO5. The molecular weight excluding hydrogens is 430 g/mol. The van der Waals surface area contributed by atoms with Crippen molar-refractivity contribution in [2.75, 3.05) is 25.6 Å². The fourth-order valence-corrected chi connectivity index (χ4v) is 3.25. The third kappa shape index (κ3) is 5.95. The molecule has 32 heavy (non-hydrogen) atoms. The number of rotatable bonds is 8. The fourth-order valence-electron chi connectivity index (χ4n) is 3.02. The van der Waals surface area contributed by atoms with Crippen LogP contribution in [0, 0.1) is 6.92 Å². The second-order valence-corrected chi connectivity index (χ2v) is 7.86. The summed E-state index contributed by atoms with van der Waals surface area (Å²) in [7, 11) is 3.78. The molecule has 0 amide bonds. The topological polar surface area (TPSA) is 72.9 Å². The molecule has 0 saturated carbocycles. The van der Waals surface area contributed by atoms with Crippen LogP contribution in [0.5, 0.6) is 11.5 Å². The lowest BCUT2D eigenvalue weighted by atomic mass is 10.1.